The first-order chi connectivity index (χ1) is 13.6. The van der Waals surface area contributed by atoms with Crippen molar-refractivity contribution in [2.24, 2.45) is 0 Å². The molecule has 2 aromatic carbocycles. The quantitative estimate of drug-likeness (QED) is 0.863. The lowest BCUT2D eigenvalue weighted by Gasteiger charge is -2.34. The largest absolute Gasteiger partial charge is 0.493 e. The van der Waals surface area contributed by atoms with Gasteiger partial charge in [0.05, 0.1) is 12.2 Å². The number of ether oxygens (including phenoxy) is 1. The normalized spacial score (nSPS) is 20.2. The van der Waals surface area contributed by atoms with Crippen molar-refractivity contribution in [2.75, 3.05) is 19.7 Å². The van der Waals surface area contributed by atoms with Gasteiger partial charge in [0, 0.05) is 30.7 Å². The van der Waals surface area contributed by atoms with Crippen molar-refractivity contribution in [3.05, 3.63) is 65.0 Å². The Balaban J connectivity index is 1.39. The molecule has 2 heterocycles. The molecule has 0 radical (unpaired) electrons. The molecule has 2 aliphatic heterocycles. The molecule has 1 fully saturated rings. The molecule has 0 spiro atoms. The summed E-state index contributed by atoms with van der Waals surface area (Å²) in [6.45, 7) is 4.13. The molecule has 0 saturated carbocycles. The summed E-state index contributed by atoms with van der Waals surface area (Å²) in [6.07, 6.45) is 3.82. The van der Waals surface area contributed by atoms with E-state index in [1.807, 2.05) is 0 Å². The van der Waals surface area contributed by atoms with Crippen LogP contribution in [0.4, 0.5) is 4.39 Å². The average Bonchev–Trinajstić information content (AvgIpc) is 2.90. The Morgan fingerprint density at radius 2 is 1.93 bits per heavy atom. The first-order valence-electron chi connectivity index (χ1n) is 10.1. The van der Waals surface area contributed by atoms with Crippen molar-refractivity contribution in [1.29, 1.82) is 0 Å². The van der Waals surface area contributed by atoms with Crippen LogP contribution in [0, 0.1) is 12.7 Å². The van der Waals surface area contributed by atoms with E-state index in [1.165, 1.54) is 17.2 Å². The molecule has 4 nitrogen and oxygen atoms in total. The lowest BCUT2D eigenvalue weighted by Crippen LogP contribution is -2.46. The third-order valence-corrected chi connectivity index (χ3v) is 5.76. The van der Waals surface area contributed by atoms with Gasteiger partial charge in [0.25, 0.3) is 5.91 Å². The van der Waals surface area contributed by atoms with Crippen LogP contribution < -0.4 is 10.1 Å². The minimum absolute atomic E-state index is 0.166. The number of aryl methyl sites for hydroxylation is 1. The predicted octanol–water partition coefficient (Wildman–Crippen LogP) is 4.24. The van der Waals surface area contributed by atoms with Gasteiger partial charge >= 0.3 is 0 Å². The van der Waals surface area contributed by atoms with Gasteiger partial charge < -0.3 is 15.0 Å². The molecule has 148 valence electrons. The zero-order valence-electron chi connectivity index (χ0n) is 16.3. The maximum Gasteiger partial charge on any atom is 0.256 e. The maximum atomic E-state index is 13.9. The van der Waals surface area contributed by atoms with Gasteiger partial charge in [-0.3, -0.25) is 4.79 Å². The SMILES string of the molecule is Cc1ccc2c(c1)OCCCC2NC1CCN(C(=O)c2ccccc2F)CC1. The fourth-order valence-corrected chi connectivity index (χ4v) is 4.19. The number of nitrogens with one attached hydrogen (secondary N) is 1. The monoisotopic (exact) mass is 382 g/mol. The Hall–Kier alpha value is -2.40. The number of fused-ring (bicyclic) bond motifs is 1. The molecule has 1 unspecified atom stereocenters. The lowest BCUT2D eigenvalue weighted by atomic mass is 9.97. The van der Waals surface area contributed by atoms with Gasteiger partial charge in [-0.1, -0.05) is 24.3 Å². The van der Waals surface area contributed by atoms with Crippen LogP contribution in [0.5, 0.6) is 5.75 Å². The molecule has 1 N–H and O–H groups in total. The van der Waals surface area contributed by atoms with Crippen molar-refractivity contribution < 1.29 is 13.9 Å². The molecular weight excluding hydrogens is 355 g/mol. The highest BCUT2D eigenvalue weighted by atomic mass is 19.1. The third-order valence-electron chi connectivity index (χ3n) is 5.76. The highest BCUT2D eigenvalue weighted by Gasteiger charge is 2.28. The van der Waals surface area contributed by atoms with Crippen LogP contribution in [0.3, 0.4) is 0 Å². The minimum Gasteiger partial charge on any atom is -0.493 e. The van der Waals surface area contributed by atoms with Crippen LogP contribution in [0.25, 0.3) is 0 Å². The van der Waals surface area contributed by atoms with Crippen molar-refractivity contribution in [2.45, 2.75) is 44.7 Å². The van der Waals surface area contributed by atoms with Crippen LogP contribution in [0.1, 0.15) is 53.2 Å². The number of piperidine rings is 1. The van der Waals surface area contributed by atoms with Gasteiger partial charge in [0.15, 0.2) is 0 Å². The van der Waals surface area contributed by atoms with Gasteiger partial charge in [0.2, 0.25) is 0 Å². The Morgan fingerprint density at radius 1 is 1.14 bits per heavy atom. The first-order valence-corrected chi connectivity index (χ1v) is 10.1. The minimum atomic E-state index is -0.446. The van der Waals surface area contributed by atoms with Crippen LogP contribution in [0.15, 0.2) is 42.5 Å². The average molecular weight is 382 g/mol. The second kappa shape index (κ2) is 8.31. The summed E-state index contributed by atoms with van der Waals surface area (Å²) < 4.78 is 19.8. The van der Waals surface area contributed by atoms with Crippen LogP contribution in [-0.2, 0) is 0 Å². The van der Waals surface area contributed by atoms with Gasteiger partial charge in [-0.25, -0.2) is 4.39 Å². The second-order valence-electron chi connectivity index (χ2n) is 7.80. The van der Waals surface area contributed by atoms with Gasteiger partial charge in [0.1, 0.15) is 11.6 Å². The van der Waals surface area contributed by atoms with Crippen LogP contribution in [-0.4, -0.2) is 36.5 Å². The van der Waals surface area contributed by atoms with E-state index in [0.29, 0.717) is 19.1 Å². The molecule has 5 heteroatoms. The zero-order chi connectivity index (χ0) is 19.5. The summed E-state index contributed by atoms with van der Waals surface area (Å²) in [5.74, 6) is 0.334. The van der Waals surface area contributed by atoms with Crippen LogP contribution in [0.2, 0.25) is 0 Å². The highest BCUT2D eigenvalue weighted by molar-refractivity contribution is 5.94. The molecule has 2 aliphatic rings. The Morgan fingerprint density at radius 3 is 2.71 bits per heavy atom. The molecule has 0 aromatic heterocycles. The molecular formula is C23H27FN2O2. The number of hydrogen-bond acceptors (Lipinski definition) is 3. The first kappa shape index (κ1) is 18.9. The number of carbonyl (C=O) groups is 1. The van der Waals surface area contributed by atoms with Gasteiger partial charge in [-0.2, -0.15) is 0 Å². The summed E-state index contributed by atoms with van der Waals surface area (Å²) in [5.41, 5.74) is 2.60. The fraction of sp³-hybridized carbons (Fsp3) is 0.435. The number of halogens is 1. The number of carbonyl (C=O) groups excluding carboxylic acids is 1. The fourth-order valence-electron chi connectivity index (χ4n) is 4.19. The summed E-state index contributed by atoms with van der Waals surface area (Å²) >= 11 is 0. The Kier molecular flexibility index (Phi) is 5.62. The van der Waals surface area contributed by atoms with E-state index < -0.39 is 5.82 Å². The predicted molar refractivity (Wildman–Crippen MR) is 107 cm³/mol. The van der Waals surface area contributed by atoms with E-state index in [4.69, 9.17) is 4.74 Å². The lowest BCUT2D eigenvalue weighted by molar-refractivity contribution is 0.0696. The standard InChI is InChI=1S/C23H27FN2O2/c1-16-8-9-19-21(7-4-14-28-22(19)15-16)25-17-10-12-26(13-11-17)23(27)18-5-2-3-6-20(18)24/h2-3,5-6,8-9,15,17,21,25H,4,7,10-14H2,1H3. The molecule has 1 amide bonds. The van der Waals surface area contributed by atoms with E-state index in [9.17, 15) is 9.18 Å². The molecule has 28 heavy (non-hydrogen) atoms. The van der Waals surface area contributed by atoms with Crippen molar-refractivity contribution in [3.8, 4) is 5.75 Å². The number of hydrogen-bond donors (Lipinski definition) is 1. The summed E-state index contributed by atoms with van der Waals surface area (Å²) in [5, 5.41) is 3.79. The molecule has 0 bridgehead atoms. The molecule has 4 rings (SSSR count). The van der Waals surface area contributed by atoms with Gasteiger partial charge in [-0.05, 0) is 56.4 Å². The maximum absolute atomic E-state index is 13.9. The van der Waals surface area contributed by atoms with Crippen molar-refractivity contribution >= 4 is 5.91 Å². The topological polar surface area (TPSA) is 41.6 Å². The third kappa shape index (κ3) is 4.04. The smallest absolute Gasteiger partial charge is 0.256 e. The van der Waals surface area contributed by atoms with Crippen LogP contribution >= 0.6 is 0 Å². The van der Waals surface area contributed by atoms with Crippen molar-refractivity contribution in [3.63, 3.8) is 0 Å². The number of likely N-dealkylation sites (tertiary alicyclic amines) is 1. The molecule has 2 aromatic rings. The second-order valence-corrected chi connectivity index (χ2v) is 7.80. The molecule has 1 atom stereocenters. The Bertz CT molecular complexity index is 846. The van der Waals surface area contributed by atoms with E-state index in [-0.39, 0.29) is 17.5 Å². The Labute approximate surface area is 165 Å². The van der Waals surface area contributed by atoms with E-state index >= 15 is 0 Å². The zero-order valence-corrected chi connectivity index (χ0v) is 16.3. The number of nitrogens with zero attached hydrogens (tertiary/aromatic N) is 1. The molecule has 1 saturated heterocycles. The highest BCUT2D eigenvalue weighted by Crippen LogP contribution is 2.33. The van der Waals surface area contributed by atoms with E-state index in [1.54, 1.807) is 23.1 Å². The van der Waals surface area contributed by atoms with E-state index in [2.05, 4.69) is 30.4 Å². The molecule has 0 aliphatic carbocycles. The summed E-state index contributed by atoms with van der Waals surface area (Å²) in [4.78, 5) is 14.4. The van der Waals surface area contributed by atoms with Gasteiger partial charge in [-0.15, -0.1) is 0 Å². The van der Waals surface area contributed by atoms with Crippen molar-refractivity contribution in [1.82, 2.24) is 10.2 Å². The number of rotatable bonds is 3. The number of benzene rings is 2. The summed E-state index contributed by atoms with van der Waals surface area (Å²) in [7, 11) is 0. The number of amides is 1. The summed E-state index contributed by atoms with van der Waals surface area (Å²) in [6, 6.07) is 13.3. The van der Waals surface area contributed by atoms with E-state index in [0.717, 1.165) is 38.0 Å².